The molecule has 0 aromatic carbocycles. The third-order valence-corrected chi connectivity index (χ3v) is 0.595. The van der Waals surface area contributed by atoms with Gasteiger partial charge in [-0.15, -0.1) is 0 Å². The molecule has 0 fully saturated rings. The minimum atomic E-state index is -0.736. The standard InChI is InChI=1S/C2H5.O.Ti/c1-2;;/h1H2,2H3;;/q;-1;. The average molecular weight is 92.9 g/mol. The quantitative estimate of drug-likeness (QED) is 0.411. The van der Waals surface area contributed by atoms with Crippen LogP contribution in [-0.4, -0.2) is 0 Å². The molecule has 0 saturated carbocycles. The molecule has 0 bridgehead atoms. The summed E-state index contributed by atoms with van der Waals surface area (Å²) in [6, 6.07) is 0. The van der Waals surface area contributed by atoms with Gasteiger partial charge in [-0.1, -0.05) is 0 Å². The van der Waals surface area contributed by atoms with Crippen molar-refractivity contribution in [3.63, 3.8) is 0 Å². The van der Waals surface area contributed by atoms with E-state index in [2.05, 4.69) is 0 Å². The zero-order valence-corrected chi connectivity index (χ0v) is 4.18. The summed E-state index contributed by atoms with van der Waals surface area (Å²) in [6.45, 7) is 1.92. The third-order valence-electron chi connectivity index (χ3n) is 0.144. The molecular formula is C2H5OTi-. The van der Waals surface area contributed by atoms with Crippen molar-refractivity contribution in [2.24, 2.45) is 0 Å². The topological polar surface area (TPSA) is 23.1 Å². The van der Waals surface area contributed by atoms with Gasteiger partial charge in [0.05, 0.1) is 0 Å². The summed E-state index contributed by atoms with van der Waals surface area (Å²) < 4.78 is 10.3. The average Bonchev–Trinajstić information content (AvgIpc) is 1.37. The van der Waals surface area contributed by atoms with Gasteiger partial charge in [0.15, 0.2) is 0 Å². The second kappa shape index (κ2) is 3.67. The van der Waals surface area contributed by atoms with Gasteiger partial charge in [0.1, 0.15) is 0 Å². The minimum absolute atomic E-state index is 0.736. The molecule has 2 heteroatoms. The first-order chi connectivity index (χ1) is 1.91. The Morgan fingerprint density at radius 3 is 2.25 bits per heavy atom. The number of rotatable bonds is 1. The second-order valence-corrected chi connectivity index (χ2v) is 2.05. The number of hydrogen-bond donors (Lipinski definition) is 0. The summed E-state index contributed by atoms with van der Waals surface area (Å²) in [5.74, 6) is 0. The van der Waals surface area contributed by atoms with Crippen LogP contribution in [0, 0.1) is 0 Å². The molecule has 0 aliphatic carbocycles. The summed E-state index contributed by atoms with van der Waals surface area (Å²) in [5.41, 5.74) is 0. The van der Waals surface area contributed by atoms with Crippen molar-refractivity contribution in [1.82, 2.24) is 0 Å². The summed E-state index contributed by atoms with van der Waals surface area (Å²) in [4.78, 5) is 0. The van der Waals surface area contributed by atoms with Crippen LogP contribution in [0.3, 0.4) is 0 Å². The molecule has 0 aromatic rings. The van der Waals surface area contributed by atoms with E-state index in [4.69, 9.17) is 0 Å². The van der Waals surface area contributed by atoms with Crippen LogP contribution < -0.4 is 3.69 Å². The Bertz CT molecular complexity index is 8.00. The van der Waals surface area contributed by atoms with E-state index < -0.39 is 19.5 Å². The van der Waals surface area contributed by atoms with Crippen LogP contribution in [-0.2, 0) is 19.5 Å². The fraction of sp³-hybridized carbons (Fsp3) is 1.00. The van der Waals surface area contributed by atoms with E-state index in [1.807, 2.05) is 6.92 Å². The monoisotopic (exact) mass is 93.0 g/mol. The van der Waals surface area contributed by atoms with Crippen molar-refractivity contribution < 1.29 is 23.2 Å². The van der Waals surface area contributed by atoms with Gasteiger partial charge < -0.3 is 0 Å². The van der Waals surface area contributed by atoms with Crippen LogP contribution in [0.2, 0.25) is 4.73 Å². The summed E-state index contributed by atoms with van der Waals surface area (Å²) >= 11 is -0.736. The zero-order valence-electron chi connectivity index (χ0n) is 2.62. The molecule has 0 heterocycles. The molecule has 0 atom stereocenters. The van der Waals surface area contributed by atoms with E-state index in [0.717, 1.165) is 4.73 Å². The molecule has 4 heavy (non-hydrogen) atoms. The maximum atomic E-state index is 9.42. The fourth-order valence-corrected chi connectivity index (χ4v) is 0. The van der Waals surface area contributed by atoms with Crippen LogP contribution in [0.4, 0.5) is 0 Å². The van der Waals surface area contributed by atoms with Crippen molar-refractivity contribution in [2.45, 2.75) is 11.6 Å². The Morgan fingerprint density at radius 1 is 2.00 bits per heavy atom. The van der Waals surface area contributed by atoms with Crippen LogP contribution in [0.15, 0.2) is 0 Å². The molecule has 0 aliphatic heterocycles. The van der Waals surface area contributed by atoms with Gasteiger partial charge in [0, 0.05) is 0 Å². The van der Waals surface area contributed by atoms with E-state index in [0.29, 0.717) is 0 Å². The van der Waals surface area contributed by atoms with E-state index in [1.165, 1.54) is 0 Å². The first-order valence-electron chi connectivity index (χ1n) is 1.26. The Kier molecular flexibility index (Phi) is 4.29. The van der Waals surface area contributed by atoms with Crippen LogP contribution in [0.5, 0.6) is 0 Å². The van der Waals surface area contributed by atoms with E-state index in [1.54, 1.807) is 0 Å². The van der Waals surface area contributed by atoms with Crippen LogP contribution >= 0.6 is 0 Å². The van der Waals surface area contributed by atoms with Crippen molar-refractivity contribution in [1.29, 1.82) is 0 Å². The van der Waals surface area contributed by atoms with Gasteiger partial charge in [-0.3, -0.25) is 0 Å². The summed E-state index contributed by atoms with van der Waals surface area (Å²) in [5, 5.41) is 0. The van der Waals surface area contributed by atoms with Gasteiger partial charge in [-0.2, -0.15) is 0 Å². The van der Waals surface area contributed by atoms with Crippen LogP contribution in [0.1, 0.15) is 6.92 Å². The summed E-state index contributed by atoms with van der Waals surface area (Å²) in [7, 11) is 0. The molecule has 0 rings (SSSR count). The van der Waals surface area contributed by atoms with Gasteiger partial charge >= 0.3 is 34.9 Å². The van der Waals surface area contributed by atoms with Crippen molar-refractivity contribution >= 4 is 0 Å². The van der Waals surface area contributed by atoms with Gasteiger partial charge in [-0.05, 0) is 0 Å². The Labute approximate surface area is 35.4 Å². The molecule has 0 unspecified atom stereocenters. The predicted molar refractivity (Wildman–Crippen MR) is 10.5 cm³/mol. The Morgan fingerprint density at radius 2 is 2.25 bits per heavy atom. The molecule has 0 spiro atoms. The zero-order chi connectivity index (χ0) is 3.41. The molecule has 1 nitrogen and oxygen atoms in total. The van der Waals surface area contributed by atoms with E-state index >= 15 is 0 Å². The first kappa shape index (κ1) is 4.67. The van der Waals surface area contributed by atoms with Crippen molar-refractivity contribution in [3.8, 4) is 0 Å². The normalized spacial score (nSPS) is 6.50. The third kappa shape index (κ3) is 2.67. The van der Waals surface area contributed by atoms with E-state index in [-0.39, 0.29) is 0 Å². The number of hydrogen-bond acceptors (Lipinski definition) is 1. The SMILES string of the molecule is C[CH2][Ti][O-]. The van der Waals surface area contributed by atoms with Gasteiger partial charge in [0.25, 0.3) is 0 Å². The molecule has 0 N–H and O–H groups in total. The fourth-order valence-electron chi connectivity index (χ4n) is 0. The second-order valence-electron chi connectivity index (χ2n) is 0.498. The van der Waals surface area contributed by atoms with Crippen molar-refractivity contribution in [3.05, 3.63) is 0 Å². The van der Waals surface area contributed by atoms with Gasteiger partial charge in [-0.25, -0.2) is 0 Å². The Hall–Kier alpha value is 0.674. The first-order valence-corrected chi connectivity index (χ1v) is 3.01. The van der Waals surface area contributed by atoms with Crippen LogP contribution in [0.25, 0.3) is 0 Å². The molecule has 0 amide bonds. The molecular weight excluding hydrogens is 87.9 g/mol. The van der Waals surface area contributed by atoms with Gasteiger partial charge in [0.2, 0.25) is 0 Å². The molecule has 0 aromatic heterocycles. The van der Waals surface area contributed by atoms with E-state index in [9.17, 15) is 3.69 Å². The molecule has 24 valence electrons. The van der Waals surface area contributed by atoms with Crippen molar-refractivity contribution in [2.75, 3.05) is 0 Å². The Balaban J connectivity index is 1.97. The molecule has 0 radical (unpaired) electrons. The summed E-state index contributed by atoms with van der Waals surface area (Å²) in [6.07, 6.45) is 0. The maximum absolute atomic E-state index is 9.42. The predicted octanol–water partition coefficient (Wildman–Crippen LogP) is -0.218. The molecule has 0 saturated heterocycles. The molecule has 0 aliphatic rings.